The minimum absolute atomic E-state index is 0.189. The molecule has 0 bridgehead atoms. The van der Waals surface area contributed by atoms with Crippen molar-refractivity contribution in [2.45, 2.75) is 20.0 Å². The van der Waals surface area contributed by atoms with Crippen molar-refractivity contribution in [2.75, 3.05) is 5.32 Å². The number of hydrogen-bond donors (Lipinski definition) is 1. The molecule has 2 aromatic rings. The van der Waals surface area contributed by atoms with E-state index < -0.39 is 44.8 Å². The average Bonchev–Trinajstić information content (AvgIpc) is 2.64. The van der Waals surface area contributed by atoms with E-state index >= 15 is 0 Å². The van der Waals surface area contributed by atoms with E-state index in [4.69, 9.17) is 27.9 Å². The maximum atomic E-state index is 12.3. The normalized spacial score (nSPS) is 11.4. The SMILES string of the molecule is Cc1c([N+](=O)[O-])cc(C(=O)OC(C)C(=O)Nc2cc(Cl)ccc2Cl)cc1[N+](=O)[O-]. The van der Waals surface area contributed by atoms with E-state index in [1.807, 2.05) is 0 Å². The number of benzene rings is 2. The summed E-state index contributed by atoms with van der Waals surface area (Å²) in [5.74, 6) is -1.89. The lowest BCUT2D eigenvalue weighted by Gasteiger charge is -2.14. The smallest absolute Gasteiger partial charge is 0.339 e. The monoisotopic (exact) mass is 441 g/mol. The van der Waals surface area contributed by atoms with Crippen LogP contribution in [0.2, 0.25) is 10.0 Å². The summed E-state index contributed by atoms with van der Waals surface area (Å²) in [5.41, 5.74) is -1.69. The molecule has 0 saturated carbocycles. The first-order valence-electron chi connectivity index (χ1n) is 7.91. The van der Waals surface area contributed by atoms with Crippen molar-refractivity contribution >= 4 is 52.1 Å². The van der Waals surface area contributed by atoms with Gasteiger partial charge in [0.2, 0.25) is 0 Å². The first-order valence-corrected chi connectivity index (χ1v) is 8.67. The number of halogens is 2. The van der Waals surface area contributed by atoms with Gasteiger partial charge >= 0.3 is 5.97 Å². The van der Waals surface area contributed by atoms with Crippen molar-refractivity contribution in [1.82, 2.24) is 0 Å². The van der Waals surface area contributed by atoms with Gasteiger partial charge in [-0.25, -0.2) is 4.79 Å². The molecular formula is C17H13Cl2N3O7. The third-order valence-corrected chi connectivity index (χ3v) is 4.39. The van der Waals surface area contributed by atoms with E-state index in [1.165, 1.54) is 32.0 Å². The zero-order valence-electron chi connectivity index (χ0n) is 15.0. The number of carbonyl (C=O) groups excluding carboxylic acids is 2. The van der Waals surface area contributed by atoms with Gasteiger partial charge in [-0.3, -0.25) is 25.0 Å². The fraction of sp³-hybridized carbons (Fsp3) is 0.176. The summed E-state index contributed by atoms with van der Waals surface area (Å²) < 4.78 is 4.98. The maximum Gasteiger partial charge on any atom is 0.339 e. The van der Waals surface area contributed by atoms with Crippen molar-refractivity contribution in [3.05, 3.63) is 71.7 Å². The molecule has 0 saturated heterocycles. The number of ether oxygens (including phenoxy) is 1. The van der Waals surface area contributed by atoms with Crippen LogP contribution in [0.15, 0.2) is 30.3 Å². The van der Waals surface area contributed by atoms with Crippen molar-refractivity contribution in [2.24, 2.45) is 0 Å². The average molecular weight is 442 g/mol. The highest BCUT2D eigenvalue weighted by molar-refractivity contribution is 6.35. The Hall–Kier alpha value is -3.24. The number of amides is 1. The highest BCUT2D eigenvalue weighted by Gasteiger charge is 2.27. The van der Waals surface area contributed by atoms with E-state index in [-0.39, 0.29) is 16.3 Å². The van der Waals surface area contributed by atoms with Crippen molar-refractivity contribution in [3.8, 4) is 0 Å². The number of nitro benzene ring substituents is 2. The number of hydrogen-bond acceptors (Lipinski definition) is 7. The summed E-state index contributed by atoms with van der Waals surface area (Å²) in [4.78, 5) is 45.1. The fourth-order valence-electron chi connectivity index (χ4n) is 2.29. The Morgan fingerprint density at radius 2 is 1.62 bits per heavy atom. The van der Waals surface area contributed by atoms with E-state index in [0.29, 0.717) is 5.02 Å². The second kappa shape index (κ2) is 8.84. The van der Waals surface area contributed by atoms with Crippen LogP contribution in [-0.2, 0) is 9.53 Å². The van der Waals surface area contributed by atoms with Gasteiger partial charge in [-0.1, -0.05) is 23.2 Å². The molecule has 1 N–H and O–H groups in total. The second-order valence-corrected chi connectivity index (χ2v) is 6.66. The van der Waals surface area contributed by atoms with Gasteiger partial charge in [-0.05, 0) is 32.0 Å². The van der Waals surface area contributed by atoms with E-state index in [0.717, 1.165) is 12.1 Å². The molecule has 0 aliphatic heterocycles. The van der Waals surface area contributed by atoms with Gasteiger partial charge in [0, 0.05) is 17.2 Å². The van der Waals surface area contributed by atoms with Crippen molar-refractivity contribution in [3.63, 3.8) is 0 Å². The van der Waals surface area contributed by atoms with Gasteiger partial charge in [0.15, 0.2) is 6.10 Å². The zero-order chi connectivity index (χ0) is 21.9. The predicted molar refractivity (Wildman–Crippen MR) is 104 cm³/mol. The number of carbonyl (C=O) groups is 2. The van der Waals surface area contributed by atoms with E-state index in [9.17, 15) is 29.8 Å². The quantitative estimate of drug-likeness (QED) is 0.399. The second-order valence-electron chi connectivity index (χ2n) is 5.81. The highest BCUT2D eigenvalue weighted by Crippen LogP contribution is 2.30. The Morgan fingerprint density at radius 3 is 2.14 bits per heavy atom. The molecular weight excluding hydrogens is 429 g/mol. The Kier molecular flexibility index (Phi) is 6.72. The first-order chi connectivity index (χ1) is 13.5. The first kappa shape index (κ1) is 22.1. The number of esters is 1. The number of nitrogens with zero attached hydrogens (tertiary/aromatic N) is 2. The molecule has 152 valence electrons. The predicted octanol–water partition coefficient (Wildman–Crippen LogP) is 4.30. The van der Waals surface area contributed by atoms with Gasteiger partial charge in [0.25, 0.3) is 17.3 Å². The van der Waals surface area contributed by atoms with Crippen molar-refractivity contribution < 1.29 is 24.2 Å². The Morgan fingerprint density at radius 1 is 1.07 bits per heavy atom. The molecule has 0 aliphatic carbocycles. The van der Waals surface area contributed by atoms with Crippen molar-refractivity contribution in [1.29, 1.82) is 0 Å². The van der Waals surface area contributed by atoms with Crippen LogP contribution >= 0.6 is 23.2 Å². The van der Waals surface area contributed by atoms with Gasteiger partial charge < -0.3 is 10.1 Å². The molecule has 0 aliphatic rings. The minimum atomic E-state index is -1.34. The van der Waals surface area contributed by atoms with Crippen LogP contribution in [0.1, 0.15) is 22.8 Å². The molecule has 0 spiro atoms. The van der Waals surface area contributed by atoms with E-state index in [2.05, 4.69) is 5.32 Å². The topological polar surface area (TPSA) is 142 Å². The molecule has 29 heavy (non-hydrogen) atoms. The standard InChI is InChI=1S/C17H13Cl2N3O7/c1-8-14(21(25)26)5-10(6-15(8)22(27)28)17(24)29-9(2)16(23)20-13-7-11(18)3-4-12(13)19/h3-7,9H,1-2H3,(H,20,23). The molecule has 0 fully saturated rings. The molecule has 0 aromatic heterocycles. The fourth-order valence-corrected chi connectivity index (χ4v) is 2.63. The molecule has 1 amide bonds. The molecule has 12 heteroatoms. The lowest BCUT2D eigenvalue weighted by Crippen LogP contribution is -2.30. The molecule has 0 radical (unpaired) electrons. The lowest BCUT2D eigenvalue weighted by atomic mass is 10.1. The number of anilines is 1. The summed E-state index contributed by atoms with van der Waals surface area (Å²) in [6.45, 7) is 2.44. The Labute approximate surface area is 173 Å². The summed E-state index contributed by atoms with van der Waals surface area (Å²) in [5, 5.41) is 25.2. The molecule has 1 atom stereocenters. The molecule has 0 heterocycles. The lowest BCUT2D eigenvalue weighted by molar-refractivity contribution is -0.395. The molecule has 2 rings (SSSR count). The third-order valence-electron chi connectivity index (χ3n) is 3.82. The third kappa shape index (κ3) is 5.18. The van der Waals surface area contributed by atoms with Gasteiger partial charge in [0.05, 0.1) is 26.1 Å². The number of rotatable bonds is 6. The summed E-state index contributed by atoms with van der Waals surface area (Å²) in [6.07, 6.45) is -1.34. The Bertz CT molecular complexity index is 991. The highest BCUT2D eigenvalue weighted by atomic mass is 35.5. The van der Waals surface area contributed by atoms with Crippen LogP contribution in [0.4, 0.5) is 17.1 Å². The van der Waals surface area contributed by atoms with Gasteiger partial charge in [-0.15, -0.1) is 0 Å². The van der Waals surface area contributed by atoms with Crippen LogP contribution in [0, 0.1) is 27.2 Å². The maximum absolute atomic E-state index is 12.3. The zero-order valence-corrected chi connectivity index (χ0v) is 16.5. The molecule has 1 unspecified atom stereocenters. The van der Waals surface area contributed by atoms with Crippen LogP contribution < -0.4 is 5.32 Å². The van der Waals surface area contributed by atoms with Gasteiger partial charge in [0.1, 0.15) is 5.56 Å². The largest absolute Gasteiger partial charge is 0.449 e. The number of nitrogens with one attached hydrogen (secondary N) is 1. The molecule has 2 aromatic carbocycles. The van der Waals surface area contributed by atoms with Crippen LogP contribution in [-0.4, -0.2) is 27.8 Å². The summed E-state index contributed by atoms with van der Waals surface area (Å²) in [6, 6.07) is 6.07. The summed E-state index contributed by atoms with van der Waals surface area (Å²) >= 11 is 11.8. The molecule has 10 nitrogen and oxygen atoms in total. The van der Waals surface area contributed by atoms with Gasteiger partial charge in [-0.2, -0.15) is 0 Å². The number of nitro groups is 2. The van der Waals surface area contributed by atoms with Crippen LogP contribution in [0.3, 0.4) is 0 Å². The Balaban J connectivity index is 2.22. The van der Waals surface area contributed by atoms with Crippen LogP contribution in [0.5, 0.6) is 0 Å². The minimum Gasteiger partial charge on any atom is -0.449 e. The summed E-state index contributed by atoms with van der Waals surface area (Å²) in [7, 11) is 0. The van der Waals surface area contributed by atoms with E-state index in [1.54, 1.807) is 0 Å². The van der Waals surface area contributed by atoms with Crippen LogP contribution in [0.25, 0.3) is 0 Å².